The first-order valence-electron chi connectivity index (χ1n) is 6.58. The lowest BCUT2D eigenvalue weighted by molar-refractivity contribution is 0.497. The Morgan fingerprint density at radius 2 is 2.00 bits per heavy atom. The van der Waals surface area contributed by atoms with E-state index in [-0.39, 0.29) is 0 Å². The van der Waals surface area contributed by atoms with Crippen molar-refractivity contribution < 1.29 is 0 Å². The van der Waals surface area contributed by atoms with Gasteiger partial charge in [0.25, 0.3) is 0 Å². The molecule has 3 nitrogen and oxygen atoms in total. The zero-order chi connectivity index (χ0) is 12.8. The van der Waals surface area contributed by atoms with Gasteiger partial charge in [-0.25, -0.2) is 0 Å². The van der Waals surface area contributed by atoms with Gasteiger partial charge in [0.1, 0.15) is 0 Å². The normalized spacial score (nSPS) is 12.6. The van der Waals surface area contributed by atoms with Crippen molar-refractivity contribution in [1.82, 2.24) is 15.1 Å². The van der Waals surface area contributed by atoms with Gasteiger partial charge in [-0.3, -0.25) is 4.68 Å². The van der Waals surface area contributed by atoms with Crippen molar-refractivity contribution in [3.63, 3.8) is 0 Å². The molecule has 18 heavy (non-hydrogen) atoms. The molecular formula is C15H21N3. The van der Waals surface area contributed by atoms with Gasteiger partial charge in [-0.15, -0.1) is 0 Å². The Morgan fingerprint density at radius 3 is 2.67 bits per heavy atom. The number of hydrogen-bond donors (Lipinski definition) is 1. The first-order valence-corrected chi connectivity index (χ1v) is 6.58. The zero-order valence-electron chi connectivity index (χ0n) is 11.1. The SMILES string of the molecule is CCCn1nccc1C(Cc1ccccc1)NC. The Hall–Kier alpha value is -1.61. The first-order chi connectivity index (χ1) is 8.85. The fourth-order valence-electron chi connectivity index (χ4n) is 2.24. The molecule has 0 aliphatic carbocycles. The third-order valence-corrected chi connectivity index (χ3v) is 3.17. The van der Waals surface area contributed by atoms with Crippen molar-refractivity contribution in [3.8, 4) is 0 Å². The van der Waals surface area contributed by atoms with Crippen LogP contribution in [-0.2, 0) is 13.0 Å². The summed E-state index contributed by atoms with van der Waals surface area (Å²) in [5.74, 6) is 0. The van der Waals surface area contributed by atoms with E-state index in [1.807, 2.05) is 13.2 Å². The number of likely N-dealkylation sites (N-methyl/N-ethyl adjacent to an activating group) is 1. The molecule has 96 valence electrons. The average molecular weight is 243 g/mol. The Morgan fingerprint density at radius 1 is 1.22 bits per heavy atom. The fraction of sp³-hybridized carbons (Fsp3) is 0.400. The summed E-state index contributed by atoms with van der Waals surface area (Å²) < 4.78 is 2.10. The number of nitrogens with one attached hydrogen (secondary N) is 1. The Balaban J connectivity index is 2.15. The maximum Gasteiger partial charge on any atom is 0.0556 e. The molecule has 1 atom stereocenters. The number of benzene rings is 1. The minimum absolute atomic E-state index is 0.321. The lowest BCUT2D eigenvalue weighted by Crippen LogP contribution is -2.22. The molecule has 2 rings (SSSR count). The van der Waals surface area contributed by atoms with E-state index < -0.39 is 0 Å². The van der Waals surface area contributed by atoms with E-state index in [4.69, 9.17) is 0 Å². The van der Waals surface area contributed by atoms with Crippen molar-refractivity contribution in [1.29, 1.82) is 0 Å². The minimum atomic E-state index is 0.321. The highest BCUT2D eigenvalue weighted by atomic mass is 15.3. The number of aryl methyl sites for hydroxylation is 1. The van der Waals surface area contributed by atoms with Gasteiger partial charge in [0, 0.05) is 12.7 Å². The Kier molecular flexibility index (Phi) is 4.53. The molecule has 0 aliphatic rings. The second-order valence-corrected chi connectivity index (χ2v) is 4.51. The fourth-order valence-corrected chi connectivity index (χ4v) is 2.24. The van der Waals surface area contributed by atoms with Crippen LogP contribution in [0, 0.1) is 0 Å². The van der Waals surface area contributed by atoms with Gasteiger partial charge in [0.15, 0.2) is 0 Å². The van der Waals surface area contributed by atoms with Crippen LogP contribution in [-0.4, -0.2) is 16.8 Å². The molecule has 1 N–H and O–H groups in total. The highest BCUT2D eigenvalue weighted by Crippen LogP contribution is 2.18. The summed E-state index contributed by atoms with van der Waals surface area (Å²) in [6.07, 6.45) is 3.99. The summed E-state index contributed by atoms with van der Waals surface area (Å²) in [5.41, 5.74) is 2.62. The van der Waals surface area contributed by atoms with E-state index in [2.05, 4.69) is 58.4 Å². The van der Waals surface area contributed by atoms with Crippen LogP contribution in [0.3, 0.4) is 0 Å². The molecule has 3 heteroatoms. The van der Waals surface area contributed by atoms with Crippen molar-refractivity contribution in [2.45, 2.75) is 32.4 Å². The standard InChI is InChI=1S/C15H21N3/c1-3-11-18-15(9-10-17-18)14(16-2)12-13-7-5-4-6-8-13/h4-10,14,16H,3,11-12H2,1-2H3. The second-order valence-electron chi connectivity index (χ2n) is 4.51. The molecule has 1 heterocycles. The van der Waals surface area contributed by atoms with Gasteiger partial charge < -0.3 is 5.32 Å². The zero-order valence-corrected chi connectivity index (χ0v) is 11.1. The van der Waals surface area contributed by atoms with Gasteiger partial charge in [0.2, 0.25) is 0 Å². The molecular weight excluding hydrogens is 222 g/mol. The molecule has 2 aromatic rings. The molecule has 0 radical (unpaired) electrons. The number of nitrogens with zero attached hydrogens (tertiary/aromatic N) is 2. The molecule has 0 bridgehead atoms. The van der Waals surface area contributed by atoms with E-state index in [0.29, 0.717) is 6.04 Å². The lowest BCUT2D eigenvalue weighted by Gasteiger charge is -2.18. The highest BCUT2D eigenvalue weighted by molar-refractivity contribution is 5.19. The van der Waals surface area contributed by atoms with Crippen LogP contribution in [0.15, 0.2) is 42.6 Å². The van der Waals surface area contributed by atoms with E-state index in [1.54, 1.807) is 0 Å². The molecule has 0 fully saturated rings. The molecule has 1 unspecified atom stereocenters. The van der Waals surface area contributed by atoms with Crippen LogP contribution in [0.5, 0.6) is 0 Å². The third-order valence-electron chi connectivity index (χ3n) is 3.17. The molecule has 0 saturated carbocycles. The Bertz CT molecular complexity index is 462. The topological polar surface area (TPSA) is 29.9 Å². The molecule has 0 aliphatic heterocycles. The van der Waals surface area contributed by atoms with E-state index in [1.165, 1.54) is 11.3 Å². The van der Waals surface area contributed by atoms with Gasteiger partial charge in [-0.1, -0.05) is 37.3 Å². The molecule has 1 aromatic heterocycles. The largest absolute Gasteiger partial charge is 0.311 e. The average Bonchev–Trinajstić information content (AvgIpc) is 2.86. The van der Waals surface area contributed by atoms with Crippen molar-refractivity contribution in [2.24, 2.45) is 0 Å². The van der Waals surface area contributed by atoms with E-state index >= 15 is 0 Å². The van der Waals surface area contributed by atoms with Gasteiger partial charge >= 0.3 is 0 Å². The van der Waals surface area contributed by atoms with Crippen LogP contribution in [0.2, 0.25) is 0 Å². The van der Waals surface area contributed by atoms with Crippen molar-refractivity contribution in [2.75, 3.05) is 7.05 Å². The third kappa shape index (κ3) is 2.99. The molecule has 0 saturated heterocycles. The predicted molar refractivity (Wildman–Crippen MR) is 74.5 cm³/mol. The lowest BCUT2D eigenvalue weighted by atomic mass is 10.0. The summed E-state index contributed by atoms with van der Waals surface area (Å²) >= 11 is 0. The predicted octanol–water partition coefficient (Wildman–Crippen LogP) is 2.80. The van der Waals surface area contributed by atoms with E-state index in [0.717, 1.165) is 19.4 Å². The molecule has 0 amide bonds. The molecule has 0 spiro atoms. The summed E-state index contributed by atoms with van der Waals surface area (Å²) in [4.78, 5) is 0. The maximum atomic E-state index is 4.39. The first kappa shape index (κ1) is 12.8. The van der Waals surface area contributed by atoms with E-state index in [9.17, 15) is 0 Å². The van der Waals surface area contributed by atoms with Crippen molar-refractivity contribution in [3.05, 3.63) is 53.9 Å². The summed E-state index contributed by atoms with van der Waals surface area (Å²) in [5, 5.41) is 7.78. The summed E-state index contributed by atoms with van der Waals surface area (Å²) in [6, 6.07) is 13.0. The smallest absolute Gasteiger partial charge is 0.0556 e. The minimum Gasteiger partial charge on any atom is -0.311 e. The van der Waals surface area contributed by atoms with Crippen LogP contribution >= 0.6 is 0 Å². The maximum absolute atomic E-state index is 4.39. The summed E-state index contributed by atoms with van der Waals surface area (Å²) in [7, 11) is 2.01. The highest BCUT2D eigenvalue weighted by Gasteiger charge is 2.14. The quantitative estimate of drug-likeness (QED) is 0.845. The van der Waals surface area contributed by atoms with Crippen LogP contribution in [0.1, 0.15) is 30.6 Å². The van der Waals surface area contributed by atoms with Crippen LogP contribution in [0.4, 0.5) is 0 Å². The number of hydrogen-bond acceptors (Lipinski definition) is 2. The van der Waals surface area contributed by atoms with Crippen LogP contribution in [0.25, 0.3) is 0 Å². The van der Waals surface area contributed by atoms with Gasteiger partial charge in [0.05, 0.1) is 11.7 Å². The Labute approximate surface area is 109 Å². The monoisotopic (exact) mass is 243 g/mol. The number of aromatic nitrogens is 2. The van der Waals surface area contributed by atoms with Crippen molar-refractivity contribution >= 4 is 0 Å². The summed E-state index contributed by atoms with van der Waals surface area (Å²) in [6.45, 7) is 3.16. The molecule has 1 aromatic carbocycles. The number of rotatable bonds is 6. The second kappa shape index (κ2) is 6.36. The van der Waals surface area contributed by atoms with Crippen LogP contribution < -0.4 is 5.32 Å². The van der Waals surface area contributed by atoms with Gasteiger partial charge in [-0.2, -0.15) is 5.10 Å². The van der Waals surface area contributed by atoms with Gasteiger partial charge in [-0.05, 0) is 31.5 Å².